The molecule has 1 fully saturated rings. The molecule has 1 unspecified atom stereocenters. The predicted molar refractivity (Wildman–Crippen MR) is 109 cm³/mol. The number of rotatable bonds is 4. The minimum atomic E-state index is 0.322. The Hall–Kier alpha value is -2.54. The van der Waals surface area contributed by atoms with Crippen LogP contribution in [0.5, 0.6) is 0 Å². The lowest BCUT2D eigenvalue weighted by Gasteiger charge is -2.37. The third kappa shape index (κ3) is 3.64. The molecule has 0 N–H and O–H groups in total. The van der Waals surface area contributed by atoms with Crippen LogP contribution >= 0.6 is 11.6 Å². The van der Waals surface area contributed by atoms with Crippen molar-refractivity contribution in [3.05, 3.63) is 35.5 Å². The maximum absolute atomic E-state index is 6.06. The first kappa shape index (κ1) is 17.9. The zero-order valence-electron chi connectivity index (χ0n) is 15.8. The topological polar surface area (TPSA) is 61.5 Å². The van der Waals surface area contributed by atoms with Crippen molar-refractivity contribution in [1.29, 1.82) is 0 Å². The van der Waals surface area contributed by atoms with E-state index in [1.165, 1.54) is 0 Å². The Labute approximate surface area is 163 Å². The van der Waals surface area contributed by atoms with E-state index >= 15 is 0 Å². The van der Waals surface area contributed by atoms with E-state index in [4.69, 9.17) is 16.0 Å². The quantitative estimate of drug-likeness (QED) is 0.680. The molecular weight excluding hydrogens is 364 g/mol. The SMILES string of the molecule is CN(C)c1nccc(N(C)C2CCCN(c3nc4ccc(Cl)cc4o3)C2)n1. The van der Waals surface area contributed by atoms with Gasteiger partial charge in [-0.15, -0.1) is 0 Å². The summed E-state index contributed by atoms with van der Waals surface area (Å²) in [6.07, 6.45) is 3.97. The van der Waals surface area contributed by atoms with Gasteiger partial charge in [0.25, 0.3) is 6.01 Å². The number of likely N-dealkylation sites (N-methyl/N-ethyl adjacent to an activating group) is 1. The summed E-state index contributed by atoms with van der Waals surface area (Å²) in [7, 11) is 5.98. The Bertz CT molecular complexity index is 943. The molecule has 1 saturated heterocycles. The van der Waals surface area contributed by atoms with Gasteiger partial charge in [-0.2, -0.15) is 9.97 Å². The van der Waals surface area contributed by atoms with E-state index in [1.54, 1.807) is 6.20 Å². The first-order chi connectivity index (χ1) is 13.0. The number of oxazole rings is 1. The van der Waals surface area contributed by atoms with Gasteiger partial charge >= 0.3 is 0 Å². The van der Waals surface area contributed by atoms with Gasteiger partial charge in [-0.05, 0) is 31.0 Å². The lowest BCUT2D eigenvalue weighted by molar-refractivity contribution is 0.454. The second-order valence-electron chi connectivity index (χ2n) is 7.07. The molecule has 0 amide bonds. The molecule has 0 aliphatic carbocycles. The van der Waals surface area contributed by atoms with E-state index < -0.39 is 0 Å². The molecule has 0 radical (unpaired) electrons. The van der Waals surface area contributed by atoms with Crippen LogP contribution in [0.25, 0.3) is 11.1 Å². The number of hydrogen-bond donors (Lipinski definition) is 0. The van der Waals surface area contributed by atoms with Crippen molar-refractivity contribution in [2.75, 3.05) is 48.9 Å². The molecule has 0 bridgehead atoms. The number of halogens is 1. The van der Waals surface area contributed by atoms with Crippen molar-refractivity contribution in [2.24, 2.45) is 0 Å². The van der Waals surface area contributed by atoms with Crippen molar-refractivity contribution >= 4 is 40.5 Å². The fourth-order valence-electron chi connectivity index (χ4n) is 3.40. The second kappa shape index (κ2) is 7.23. The minimum Gasteiger partial charge on any atom is -0.423 e. The first-order valence-corrected chi connectivity index (χ1v) is 9.43. The number of aromatic nitrogens is 3. The highest BCUT2D eigenvalue weighted by Gasteiger charge is 2.27. The molecule has 2 aromatic heterocycles. The molecule has 7 nitrogen and oxygen atoms in total. The highest BCUT2D eigenvalue weighted by Crippen LogP contribution is 2.28. The van der Waals surface area contributed by atoms with Crippen molar-refractivity contribution in [3.8, 4) is 0 Å². The van der Waals surface area contributed by atoms with Gasteiger partial charge in [0.1, 0.15) is 11.3 Å². The number of nitrogens with zero attached hydrogens (tertiary/aromatic N) is 6. The van der Waals surface area contributed by atoms with Crippen molar-refractivity contribution in [2.45, 2.75) is 18.9 Å². The fourth-order valence-corrected chi connectivity index (χ4v) is 3.57. The summed E-state index contributed by atoms with van der Waals surface area (Å²) in [6.45, 7) is 1.76. The van der Waals surface area contributed by atoms with E-state index in [9.17, 15) is 0 Å². The highest BCUT2D eigenvalue weighted by molar-refractivity contribution is 6.31. The minimum absolute atomic E-state index is 0.322. The largest absolute Gasteiger partial charge is 0.423 e. The monoisotopic (exact) mass is 386 g/mol. The second-order valence-corrected chi connectivity index (χ2v) is 7.51. The first-order valence-electron chi connectivity index (χ1n) is 9.05. The van der Waals surface area contributed by atoms with Crippen LogP contribution in [0.15, 0.2) is 34.9 Å². The lowest BCUT2D eigenvalue weighted by Crippen LogP contribution is -2.47. The van der Waals surface area contributed by atoms with Gasteiger partial charge < -0.3 is 19.1 Å². The number of fused-ring (bicyclic) bond motifs is 1. The number of anilines is 3. The molecule has 0 spiro atoms. The normalized spacial score (nSPS) is 17.3. The van der Waals surface area contributed by atoms with Crippen LogP contribution in [0.3, 0.4) is 0 Å². The van der Waals surface area contributed by atoms with E-state index in [0.717, 1.165) is 42.8 Å². The molecule has 1 aliphatic rings. The molecule has 1 atom stereocenters. The maximum atomic E-state index is 6.06. The van der Waals surface area contributed by atoms with Gasteiger partial charge in [0.05, 0.1) is 0 Å². The Balaban J connectivity index is 1.54. The van der Waals surface area contributed by atoms with Crippen LogP contribution < -0.4 is 14.7 Å². The highest BCUT2D eigenvalue weighted by atomic mass is 35.5. The maximum Gasteiger partial charge on any atom is 0.298 e. The number of hydrogen-bond acceptors (Lipinski definition) is 7. The van der Waals surface area contributed by atoms with Crippen LogP contribution in [0.2, 0.25) is 5.02 Å². The summed E-state index contributed by atoms with van der Waals surface area (Å²) in [5.41, 5.74) is 1.55. The van der Waals surface area contributed by atoms with Gasteiger partial charge in [-0.25, -0.2) is 4.98 Å². The van der Waals surface area contributed by atoms with Crippen LogP contribution in [-0.4, -0.2) is 55.2 Å². The Kier molecular flexibility index (Phi) is 4.78. The molecule has 1 aliphatic heterocycles. The third-order valence-electron chi connectivity index (χ3n) is 4.94. The standard InChI is InChI=1S/C19H23ClN6O/c1-24(2)18-21-9-8-17(23-18)25(3)14-5-4-10-26(12-14)19-22-15-7-6-13(20)11-16(15)27-19/h6-9,11,14H,4-5,10,12H2,1-3H3. The summed E-state index contributed by atoms with van der Waals surface area (Å²) >= 11 is 6.06. The molecular formula is C19H23ClN6O. The summed E-state index contributed by atoms with van der Waals surface area (Å²) in [4.78, 5) is 19.9. The summed E-state index contributed by atoms with van der Waals surface area (Å²) in [6, 6.07) is 8.46. The molecule has 142 valence electrons. The summed E-state index contributed by atoms with van der Waals surface area (Å²) in [5, 5.41) is 0.655. The molecule has 27 heavy (non-hydrogen) atoms. The zero-order valence-corrected chi connectivity index (χ0v) is 16.5. The predicted octanol–water partition coefficient (Wildman–Crippen LogP) is 3.44. The van der Waals surface area contributed by atoms with Crippen LogP contribution in [0.1, 0.15) is 12.8 Å². The van der Waals surface area contributed by atoms with Gasteiger partial charge in [0, 0.05) is 57.6 Å². The fraction of sp³-hybridized carbons (Fsp3) is 0.421. The van der Waals surface area contributed by atoms with E-state index in [-0.39, 0.29) is 0 Å². The molecule has 3 heterocycles. The molecule has 0 saturated carbocycles. The number of piperidine rings is 1. The van der Waals surface area contributed by atoms with Gasteiger partial charge in [-0.1, -0.05) is 11.6 Å². The Morgan fingerprint density at radius 3 is 2.85 bits per heavy atom. The average molecular weight is 387 g/mol. The molecule has 1 aromatic carbocycles. The Morgan fingerprint density at radius 2 is 2.04 bits per heavy atom. The van der Waals surface area contributed by atoms with E-state index in [2.05, 4.69) is 31.8 Å². The van der Waals surface area contributed by atoms with Crippen molar-refractivity contribution in [1.82, 2.24) is 15.0 Å². The zero-order chi connectivity index (χ0) is 19.0. The van der Waals surface area contributed by atoms with Crippen LogP contribution in [0, 0.1) is 0 Å². The van der Waals surface area contributed by atoms with E-state index in [0.29, 0.717) is 23.0 Å². The average Bonchev–Trinajstić information content (AvgIpc) is 3.11. The molecule has 8 heteroatoms. The number of benzene rings is 1. The van der Waals surface area contributed by atoms with Gasteiger partial charge in [0.15, 0.2) is 5.58 Å². The van der Waals surface area contributed by atoms with Crippen LogP contribution in [-0.2, 0) is 0 Å². The summed E-state index contributed by atoms with van der Waals surface area (Å²) < 4.78 is 5.95. The molecule has 4 rings (SSSR count). The third-order valence-corrected chi connectivity index (χ3v) is 5.18. The smallest absolute Gasteiger partial charge is 0.298 e. The Morgan fingerprint density at radius 1 is 1.19 bits per heavy atom. The van der Waals surface area contributed by atoms with E-state index in [1.807, 2.05) is 43.3 Å². The van der Waals surface area contributed by atoms with Gasteiger partial charge in [-0.3, -0.25) is 0 Å². The van der Waals surface area contributed by atoms with Gasteiger partial charge in [0.2, 0.25) is 5.95 Å². The summed E-state index contributed by atoms with van der Waals surface area (Å²) in [5.74, 6) is 1.63. The van der Waals surface area contributed by atoms with Crippen molar-refractivity contribution < 1.29 is 4.42 Å². The molecule has 3 aromatic rings. The van der Waals surface area contributed by atoms with Crippen LogP contribution in [0.4, 0.5) is 17.8 Å². The van der Waals surface area contributed by atoms with Crippen molar-refractivity contribution in [3.63, 3.8) is 0 Å². The lowest BCUT2D eigenvalue weighted by atomic mass is 10.0.